The van der Waals surface area contributed by atoms with Crippen molar-refractivity contribution in [3.8, 4) is 0 Å². The highest BCUT2D eigenvalue weighted by Gasteiger charge is 2.31. The van der Waals surface area contributed by atoms with Gasteiger partial charge in [0, 0.05) is 12.6 Å². The van der Waals surface area contributed by atoms with Gasteiger partial charge in [-0.15, -0.1) is 0 Å². The molecule has 9 nitrogen and oxygen atoms in total. The Morgan fingerprint density at radius 1 is 1.11 bits per heavy atom. The van der Waals surface area contributed by atoms with Crippen molar-refractivity contribution in [2.45, 2.75) is 71.2 Å². The van der Waals surface area contributed by atoms with E-state index in [-0.39, 0.29) is 25.0 Å². The molecular weight excluding hydrogens is 470 g/mol. The van der Waals surface area contributed by atoms with E-state index in [2.05, 4.69) is 20.6 Å². The molecule has 1 aromatic heterocycles. The fraction of sp³-hybridized carbons (Fsp3) is 0.429. The summed E-state index contributed by atoms with van der Waals surface area (Å²) in [6.07, 6.45) is 2.03. The molecule has 0 radical (unpaired) electrons. The first-order valence-corrected chi connectivity index (χ1v) is 12.8. The molecule has 1 aliphatic rings. The number of likely N-dealkylation sites (tertiary alicyclic amines) is 1. The highest BCUT2D eigenvalue weighted by Crippen LogP contribution is 2.20. The number of piperidine rings is 1. The summed E-state index contributed by atoms with van der Waals surface area (Å²) < 4.78 is 5.33. The first-order chi connectivity index (χ1) is 17.8. The lowest BCUT2D eigenvalue weighted by Gasteiger charge is -2.34. The maximum atomic E-state index is 13.3. The van der Waals surface area contributed by atoms with E-state index in [0.29, 0.717) is 12.4 Å². The molecule has 0 saturated carbocycles. The number of rotatable bonds is 8. The number of para-hydroxylation sites is 1. The lowest BCUT2D eigenvalue weighted by atomic mass is 10.0. The standard InChI is InChI=1S/C28H35N5O4/c1-18-10-9-14-22-25(18)32-26(30-22)20(3)29-27(35)23(16-24(34)33-15-8-7-11-19(33)2)31-28(36)37-17-21-12-5-4-6-13-21/h4-6,9-10,12-14,19-20,23H,7-8,11,15-17H2,1-3H3,(H,29,35)(H,30,32)(H,31,36)/t19-,20-,23-/m0/s1. The zero-order valence-corrected chi connectivity index (χ0v) is 21.6. The molecule has 1 fully saturated rings. The van der Waals surface area contributed by atoms with Crippen molar-refractivity contribution in [2.75, 3.05) is 6.54 Å². The van der Waals surface area contributed by atoms with Crippen molar-refractivity contribution in [1.29, 1.82) is 0 Å². The number of nitrogens with zero attached hydrogens (tertiary/aromatic N) is 2. The minimum atomic E-state index is -1.08. The molecule has 9 heteroatoms. The van der Waals surface area contributed by atoms with Crippen LogP contribution in [-0.2, 0) is 20.9 Å². The van der Waals surface area contributed by atoms with Crippen molar-refractivity contribution in [2.24, 2.45) is 0 Å². The lowest BCUT2D eigenvalue weighted by Crippen LogP contribution is -2.51. The maximum Gasteiger partial charge on any atom is 0.408 e. The van der Waals surface area contributed by atoms with Crippen LogP contribution in [0.25, 0.3) is 11.0 Å². The Kier molecular flexibility index (Phi) is 8.43. The predicted octanol–water partition coefficient (Wildman–Crippen LogP) is 4.13. The van der Waals surface area contributed by atoms with Crippen molar-refractivity contribution in [3.63, 3.8) is 0 Å². The summed E-state index contributed by atoms with van der Waals surface area (Å²) in [6.45, 7) is 6.52. The van der Waals surface area contributed by atoms with Crippen molar-refractivity contribution < 1.29 is 19.1 Å². The van der Waals surface area contributed by atoms with Crippen molar-refractivity contribution in [3.05, 3.63) is 65.5 Å². The summed E-state index contributed by atoms with van der Waals surface area (Å²) in [7, 11) is 0. The van der Waals surface area contributed by atoms with Crippen LogP contribution in [0, 0.1) is 6.92 Å². The Morgan fingerprint density at radius 3 is 2.62 bits per heavy atom. The number of nitrogens with one attached hydrogen (secondary N) is 3. The number of imidazole rings is 1. The molecule has 3 atom stereocenters. The third-order valence-corrected chi connectivity index (χ3v) is 6.83. The van der Waals surface area contributed by atoms with Crippen molar-refractivity contribution >= 4 is 28.9 Å². The Hall–Kier alpha value is -3.88. The van der Waals surface area contributed by atoms with Gasteiger partial charge in [0.1, 0.15) is 18.5 Å². The fourth-order valence-electron chi connectivity index (χ4n) is 4.66. The number of amides is 3. The van der Waals surface area contributed by atoms with Gasteiger partial charge < -0.3 is 25.3 Å². The van der Waals surface area contributed by atoms with Gasteiger partial charge in [0.25, 0.3) is 0 Å². The third-order valence-electron chi connectivity index (χ3n) is 6.83. The van der Waals surface area contributed by atoms with Gasteiger partial charge in [0.05, 0.1) is 23.5 Å². The SMILES string of the molecule is Cc1cccc2[nH]c([C@H](C)NC(=O)[C@H](CC(=O)N3CCCC[C@@H]3C)NC(=O)OCc3ccccc3)nc12. The molecule has 2 heterocycles. The van der Waals surface area contributed by atoms with Crippen LogP contribution in [0.15, 0.2) is 48.5 Å². The monoisotopic (exact) mass is 505 g/mol. The highest BCUT2D eigenvalue weighted by atomic mass is 16.5. The van der Waals surface area contributed by atoms with E-state index in [1.807, 2.05) is 69.3 Å². The van der Waals surface area contributed by atoms with E-state index < -0.39 is 24.1 Å². The van der Waals surface area contributed by atoms with E-state index in [0.717, 1.165) is 41.4 Å². The van der Waals surface area contributed by atoms with E-state index in [9.17, 15) is 14.4 Å². The minimum Gasteiger partial charge on any atom is -0.445 e. The molecule has 1 aliphatic heterocycles. The van der Waals surface area contributed by atoms with Gasteiger partial charge in [-0.3, -0.25) is 9.59 Å². The summed E-state index contributed by atoms with van der Waals surface area (Å²) in [4.78, 5) is 48.7. The van der Waals surface area contributed by atoms with Crippen LogP contribution >= 0.6 is 0 Å². The minimum absolute atomic E-state index is 0.0624. The lowest BCUT2D eigenvalue weighted by molar-refractivity contribution is -0.137. The number of hydrogen-bond donors (Lipinski definition) is 3. The molecule has 1 saturated heterocycles. The molecular formula is C28H35N5O4. The van der Waals surface area contributed by atoms with Crippen LogP contribution in [-0.4, -0.2) is 51.4 Å². The molecule has 3 amide bonds. The largest absolute Gasteiger partial charge is 0.445 e. The molecule has 2 aromatic carbocycles. The first kappa shape index (κ1) is 26.2. The summed E-state index contributed by atoms with van der Waals surface area (Å²) in [6, 6.07) is 13.7. The average Bonchev–Trinajstić information content (AvgIpc) is 3.34. The second-order valence-electron chi connectivity index (χ2n) is 9.72. The zero-order valence-electron chi connectivity index (χ0n) is 21.6. The van der Waals surface area contributed by atoms with Gasteiger partial charge in [0.15, 0.2) is 0 Å². The first-order valence-electron chi connectivity index (χ1n) is 12.8. The van der Waals surface area contributed by atoms with Crippen LogP contribution in [0.1, 0.15) is 62.5 Å². The molecule has 196 valence electrons. The number of aryl methyl sites for hydroxylation is 1. The Bertz CT molecular complexity index is 1240. The van der Waals surface area contributed by atoms with Crippen LogP contribution in [0.2, 0.25) is 0 Å². The van der Waals surface area contributed by atoms with Crippen LogP contribution < -0.4 is 10.6 Å². The molecule has 0 bridgehead atoms. The quantitative estimate of drug-likeness (QED) is 0.426. The molecule has 0 unspecified atom stereocenters. The van der Waals surface area contributed by atoms with E-state index in [4.69, 9.17) is 4.74 Å². The second kappa shape index (κ2) is 11.9. The van der Waals surface area contributed by atoms with E-state index in [1.54, 1.807) is 4.90 Å². The number of H-pyrrole nitrogens is 1. The predicted molar refractivity (Wildman–Crippen MR) is 141 cm³/mol. The van der Waals surface area contributed by atoms with Gasteiger partial charge in [-0.25, -0.2) is 9.78 Å². The number of carbonyl (C=O) groups is 3. The molecule has 37 heavy (non-hydrogen) atoms. The van der Waals surface area contributed by atoms with Crippen LogP contribution in [0.3, 0.4) is 0 Å². The Labute approximate surface area is 217 Å². The Morgan fingerprint density at radius 2 is 1.89 bits per heavy atom. The van der Waals surface area contributed by atoms with Gasteiger partial charge in [-0.1, -0.05) is 42.5 Å². The summed E-state index contributed by atoms with van der Waals surface area (Å²) in [5, 5.41) is 5.51. The summed E-state index contributed by atoms with van der Waals surface area (Å²) in [5.74, 6) is -0.0406. The van der Waals surface area contributed by atoms with Gasteiger partial charge in [0.2, 0.25) is 11.8 Å². The van der Waals surface area contributed by atoms with Crippen LogP contribution in [0.4, 0.5) is 4.79 Å². The summed E-state index contributed by atoms with van der Waals surface area (Å²) >= 11 is 0. The fourth-order valence-corrected chi connectivity index (χ4v) is 4.66. The molecule has 0 spiro atoms. The van der Waals surface area contributed by atoms with E-state index >= 15 is 0 Å². The third kappa shape index (κ3) is 6.67. The topological polar surface area (TPSA) is 116 Å². The highest BCUT2D eigenvalue weighted by molar-refractivity contribution is 5.91. The normalized spacial score (nSPS) is 17.2. The number of aromatic nitrogens is 2. The average molecular weight is 506 g/mol. The zero-order chi connectivity index (χ0) is 26.4. The number of ether oxygens (including phenoxy) is 1. The van der Waals surface area contributed by atoms with Crippen molar-refractivity contribution in [1.82, 2.24) is 25.5 Å². The Balaban J connectivity index is 1.45. The smallest absolute Gasteiger partial charge is 0.408 e. The summed E-state index contributed by atoms with van der Waals surface area (Å²) in [5.41, 5.74) is 3.57. The van der Waals surface area contributed by atoms with Gasteiger partial charge >= 0.3 is 6.09 Å². The number of alkyl carbamates (subject to hydrolysis) is 1. The number of aromatic amines is 1. The molecule has 3 aromatic rings. The molecule has 3 N–H and O–H groups in total. The number of benzene rings is 2. The number of hydrogen-bond acceptors (Lipinski definition) is 5. The van der Waals surface area contributed by atoms with E-state index in [1.165, 1.54) is 0 Å². The maximum absolute atomic E-state index is 13.3. The number of carbonyl (C=O) groups excluding carboxylic acids is 3. The molecule has 4 rings (SSSR count). The van der Waals surface area contributed by atoms with Crippen LogP contribution in [0.5, 0.6) is 0 Å². The van der Waals surface area contributed by atoms with Gasteiger partial charge in [-0.2, -0.15) is 0 Å². The molecule has 0 aliphatic carbocycles. The number of fused-ring (bicyclic) bond motifs is 1. The second-order valence-corrected chi connectivity index (χ2v) is 9.72. The van der Waals surface area contributed by atoms with Gasteiger partial charge in [-0.05, 0) is 57.2 Å².